The van der Waals surface area contributed by atoms with Crippen molar-refractivity contribution in [1.82, 2.24) is 5.01 Å². The van der Waals surface area contributed by atoms with Crippen molar-refractivity contribution in [3.63, 3.8) is 0 Å². The molecule has 1 heterocycles. The number of benzene rings is 4. The van der Waals surface area contributed by atoms with E-state index in [9.17, 15) is 31.9 Å². The van der Waals surface area contributed by atoms with Gasteiger partial charge < -0.3 is 19.5 Å². The van der Waals surface area contributed by atoms with Crippen molar-refractivity contribution in [2.45, 2.75) is 5.37 Å². The number of hydrogen-bond acceptors (Lipinski definition) is 8. The fraction of sp³-hybridized carbons (Fsp3) is 0.125. The Kier molecular flexibility index (Phi) is 9.56. The number of thioether (sulfide) groups is 1. The van der Waals surface area contributed by atoms with Crippen molar-refractivity contribution in [2.24, 2.45) is 5.10 Å². The van der Waals surface area contributed by atoms with Crippen LogP contribution in [0.15, 0.2) is 84.0 Å². The molecule has 1 atom stereocenters. The fourth-order valence-corrected chi connectivity index (χ4v) is 5.64. The van der Waals surface area contributed by atoms with Gasteiger partial charge in [-0.1, -0.05) is 23.9 Å². The Morgan fingerprint density at radius 2 is 1.57 bits per heavy atom. The third-order valence-electron chi connectivity index (χ3n) is 6.59. The molecule has 4 aromatic rings. The van der Waals surface area contributed by atoms with Crippen LogP contribution in [0.1, 0.15) is 37.2 Å². The molecule has 4 aromatic carbocycles. The number of amides is 2. The zero-order valence-corrected chi connectivity index (χ0v) is 24.9. The van der Waals surface area contributed by atoms with Gasteiger partial charge in [-0.2, -0.15) is 5.10 Å². The molecule has 0 bridgehead atoms. The number of ether oxygens (including phenoxy) is 3. The second kappa shape index (κ2) is 13.7. The summed E-state index contributed by atoms with van der Waals surface area (Å²) in [5, 5.41) is 6.87. The number of methoxy groups -OCH3 is 2. The second-order valence-electron chi connectivity index (χ2n) is 9.56. The summed E-state index contributed by atoms with van der Waals surface area (Å²) in [7, 11) is 2.57. The summed E-state index contributed by atoms with van der Waals surface area (Å²) in [4.78, 5) is 37.8. The van der Waals surface area contributed by atoms with E-state index in [0.717, 1.165) is 16.8 Å². The van der Waals surface area contributed by atoms with E-state index in [2.05, 4.69) is 15.2 Å². The molecule has 14 heteroatoms. The highest BCUT2D eigenvalue weighted by Crippen LogP contribution is 2.47. The molecule has 9 nitrogen and oxygen atoms in total. The number of carbonyl (C=O) groups excluding carboxylic acids is 3. The average molecular weight is 654 g/mol. The quantitative estimate of drug-likeness (QED) is 0.167. The van der Waals surface area contributed by atoms with E-state index in [1.165, 1.54) is 68.8 Å². The molecule has 1 N–H and O–H groups in total. The summed E-state index contributed by atoms with van der Waals surface area (Å²) >= 11 is 1.00. The molecule has 0 radical (unpaired) electrons. The van der Waals surface area contributed by atoms with Crippen molar-refractivity contribution < 1.29 is 46.2 Å². The largest absolute Gasteiger partial charge is 0.492 e. The summed E-state index contributed by atoms with van der Waals surface area (Å²) in [6, 6.07) is 16.6. The number of hydrazone groups is 1. The zero-order valence-electron chi connectivity index (χ0n) is 24.1. The number of hydrogen-bond donors (Lipinski definition) is 1. The van der Waals surface area contributed by atoms with E-state index in [1.54, 1.807) is 12.1 Å². The first-order valence-electron chi connectivity index (χ1n) is 13.4. The number of nitrogens with zero attached hydrogens (tertiary/aromatic N) is 2. The van der Waals surface area contributed by atoms with Gasteiger partial charge in [0.25, 0.3) is 11.8 Å². The highest BCUT2D eigenvalue weighted by Gasteiger charge is 2.39. The molecule has 0 aromatic heterocycles. The Morgan fingerprint density at radius 1 is 0.891 bits per heavy atom. The Bertz CT molecular complexity index is 1810. The van der Waals surface area contributed by atoms with Gasteiger partial charge >= 0.3 is 5.97 Å². The van der Waals surface area contributed by atoms with Gasteiger partial charge in [0.05, 0.1) is 19.8 Å². The highest BCUT2D eigenvalue weighted by molar-refractivity contribution is 8.14. The van der Waals surface area contributed by atoms with E-state index in [4.69, 9.17) is 9.47 Å². The number of anilines is 1. The van der Waals surface area contributed by atoms with Crippen LogP contribution < -0.4 is 14.8 Å². The Balaban J connectivity index is 1.42. The van der Waals surface area contributed by atoms with E-state index in [-0.39, 0.29) is 22.1 Å². The lowest BCUT2D eigenvalue weighted by Gasteiger charge is -2.24. The van der Waals surface area contributed by atoms with Crippen molar-refractivity contribution in [2.75, 3.05) is 26.1 Å². The number of rotatable bonds is 9. The monoisotopic (exact) mass is 653 g/mol. The van der Waals surface area contributed by atoms with Gasteiger partial charge in [-0.3, -0.25) is 9.59 Å². The van der Waals surface area contributed by atoms with Crippen LogP contribution in [-0.4, -0.2) is 48.7 Å². The van der Waals surface area contributed by atoms with Crippen LogP contribution in [0.2, 0.25) is 0 Å². The molecule has 2 amide bonds. The van der Waals surface area contributed by atoms with E-state index in [0.29, 0.717) is 28.9 Å². The van der Waals surface area contributed by atoms with Crippen molar-refractivity contribution >= 4 is 40.3 Å². The standard InChI is InChI=1S/C32H23F4N3O6S/c1-43-28-22(4-3-5-25(28)45-16-26(40)37-21-12-8-18(9-13-21)32(42)44-2)31-39(30(41)27-23(35)14-20(34)15-24(27)36)38-29(46-31)17-6-10-19(33)11-7-17/h3-15,31H,16H2,1-2H3,(H,37,40). The van der Waals surface area contributed by atoms with Gasteiger partial charge in [0.15, 0.2) is 18.1 Å². The van der Waals surface area contributed by atoms with Crippen molar-refractivity contribution in [3.05, 3.63) is 124 Å². The molecule has 1 unspecified atom stereocenters. The van der Waals surface area contributed by atoms with Crippen LogP contribution in [0, 0.1) is 23.3 Å². The molecular weight excluding hydrogens is 630 g/mol. The Hall–Kier alpha value is -5.37. The molecule has 1 aliphatic heterocycles. The van der Waals surface area contributed by atoms with E-state index in [1.807, 2.05) is 0 Å². The van der Waals surface area contributed by atoms with Gasteiger partial charge in [0.2, 0.25) is 0 Å². The smallest absolute Gasteiger partial charge is 0.337 e. The maximum atomic E-state index is 14.7. The molecular formula is C32H23F4N3O6S. The van der Waals surface area contributed by atoms with E-state index >= 15 is 0 Å². The molecule has 236 valence electrons. The van der Waals surface area contributed by atoms with Crippen LogP contribution in [0.25, 0.3) is 0 Å². The third-order valence-corrected chi connectivity index (χ3v) is 7.81. The summed E-state index contributed by atoms with van der Waals surface area (Å²) < 4.78 is 72.6. The van der Waals surface area contributed by atoms with Gasteiger partial charge in [-0.05, 0) is 54.6 Å². The van der Waals surface area contributed by atoms with Crippen LogP contribution in [-0.2, 0) is 9.53 Å². The molecule has 5 rings (SSSR count). The number of carbonyl (C=O) groups is 3. The Labute approximate surface area is 263 Å². The minimum absolute atomic E-state index is 0.0867. The molecule has 0 saturated carbocycles. The first kappa shape index (κ1) is 32.0. The highest BCUT2D eigenvalue weighted by atomic mass is 32.2. The summed E-state index contributed by atoms with van der Waals surface area (Å²) in [6.07, 6.45) is 0. The number of esters is 1. The average Bonchev–Trinajstić information content (AvgIpc) is 3.49. The molecule has 46 heavy (non-hydrogen) atoms. The third kappa shape index (κ3) is 6.81. The lowest BCUT2D eigenvalue weighted by atomic mass is 10.1. The zero-order chi connectivity index (χ0) is 33.0. The molecule has 0 aliphatic carbocycles. The number of halogens is 4. The maximum absolute atomic E-state index is 14.7. The SMILES string of the molecule is COC(=O)c1ccc(NC(=O)COc2cccc(C3SC(c4ccc(F)cc4)=NN3C(=O)c3c(F)cc(F)cc3F)c2OC)cc1. The minimum Gasteiger partial charge on any atom is -0.492 e. The predicted molar refractivity (Wildman–Crippen MR) is 161 cm³/mol. The van der Waals surface area contributed by atoms with Crippen molar-refractivity contribution in [1.29, 1.82) is 0 Å². The van der Waals surface area contributed by atoms with Gasteiger partial charge in [0, 0.05) is 28.9 Å². The second-order valence-corrected chi connectivity index (χ2v) is 10.6. The summed E-state index contributed by atoms with van der Waals surface area (Å²) in [6.45, 7) is -0.470. The normalized spacial score (nSPS) is 14.0. The van der Waals surface area contributed by atoms with Gasteiger partial charge in [-0.25, -0.2) is 27.4 Å². The molecule has 1 aliphatic rings. The number of nitrogens with one attached hydrogen (secondary N) is 1. The van der Waals surface area contributed by atoms with Crippen LogP contribution in [0.3, 0.4) is 0 Å². The van der Waals surface area contributed by atoms with Crippen molar-refractivity contribution in [3.8, 4) is 11.5 Å². The fourth-order valence-electron chi connectivity index (χ4n) is 4.46. The van der Waals surface area contributed by atoms with E-state index < -0.39 is 58.6 Å². The van der Waals surface area contributed by atoms with Gasteiger partial charge in [-0.15, -0.1) is 0 Å². The first-order valence-corrected chi connectivity index (χ1v) is 14.2. The van der Waals surface area contributed by atoms with Crippen LogP contribution in [0.5, 0.6) is 11.5 Å². The van der Waals surface area contributed by atoms with Gasteiger partial charge in [0.1, 0.15) is 39.2 Å². The predicted octanol–water partition coefficient (Wildman–Crippen LogP) is 6.31. The Morgan fingerprint density at radius 3 is 2.20 bits per heavy atom. The topological polar surface area (TPSA) is 107 Å². The summed E-state index contributed by atoms with van der Waals surface area (Å²) in [5.41, 5.74) is 0.352. The number of para-hydroxylation sites is 1. The first-order chi connectivity index (χ1) is 22.1. The molecule has 0 saturated heterocycles. The molecule has 0 spiro atoms. The summed E-state index contributed by atoms with van der Waals surface area (Å²) in [5.74, 6) is -6.67. The maximum Gasteiger partial charge on any atom is 0.337 e. The lowest BCUT2D eigenvalue weighted by Crippen LogP contribution is -2.28. The molecule has 0 fully saturated rings. The lowest BCUT2D eigenvalue weighted by molar-refractivity contribution is -0.118. The van der Waals surface area contributed by atoms with Crippen LogP contribution in [0.4, 0.5) is 23.2 Å². The minimum atomic E-state index is -1.42. The van der Waals surface area contributed by atoms with Crippen LogP contribution >= 0.6 is 11.8 Å².